The number of halogens is 1. The minimum atomic E-state index is 0.129. The Kier molecular flexibility index (Phi) is 16.6. The van der Waals surface area contributed by atoms with Crippen molar-refractivity contribution in [2.45, 2.75) is 65.7 Å². The van der Waals surface area contributed by atoms with E-state index in [9.17, 15) is 4.79 Å². The number of likely N-dealkylation sites (tertiary alicyclic amines) is 1. The maximum absolute atomic E-state index is 9.85. The van der Waals surface area contributed by atoms with E-state index in [4.69, 9.17) is 21.6 Å². The van der Waals surface area contributed by atoms with Gasteiger partial charge in [0.2, 0.25) is 0 Å². The predicted molar refractivity (Wildman–Crippen MR) is 147 cm³/mol. The maximum atomic E-state index is 9.85. The van der Waals surface area contributed by atoms with Crippen molar-refractivity contribution < 1.29 is 9.53 Å². The number of nitrogens with zero attached hydrogens (tertiary/aromatic N) is 2. The summed E-state index contributed by atoms with van der Waals surface area (Å²) < 4.78 is 4.99. The molecule has 35 heavy (non-hydrogen) atoms. The van der Waals surface area contributed by atoms with Crippen LogP contribution in [0, 0.1) is 30.1 Å². The monoisotopic (exact) mass is 498 g/mol. The van der Waals surface area contributed by atoms with E-state index in [0.29, 0.717) is 10.6 Å². The van der Waals surface area contributed by atoms with Gasteiger partial charge in [-0.3, -0.25) is 4.79 Å². The lowest BCUT2D eigenvalue weighted by Gasteiger charge is -2.18. The number of hydrogen-bond acceptors (Lipinski definition) is 4. The van der Waals surface area contributed by atoms with Crippen LogP contribution in [0.15, 0.2) is 48.5 Å². The molecule has 2 aromatic rings. The van der Waals surface area contributed by atoms with Crippen LogP contribution in [0.3, 0.4) is 0 Å². The molecule has 1 heterocycles. The molecular weight excluding hydrogens is 456 g/mol. The second kappa shape index (κ2) is 18.9. The molecule has 1 aliphatic heterocycles. The zero-order chi connectivity index (χ0) is 25.9. The molecule has 4 rings (SSSR count). The Morgan fingerprint density at radius 3 is 2.23 bits per heavy atom. The number of hydrogen-bond donors (Lipinski definition) is 0. The van der Waals surface area contributed by atoms with Crippen LogP contribution in [0.1, 0.15) is 69.9 Å². The topological polar surface area (TPSA) is 53.3 Å². The first kappa shape index (κ1) is 30.7. The molecule has 1 saturated heterocycles. The highest BCUT2D eigenvalue weighted by Gasteiger charge is 2.13. The number of aldehydes is 1. The van der Waals surface area contributed by atoms with Gasteiger partial charge in [-0.05, 0) is 68.6 Å². The molecule has 1 saturated carbocycles. The van der Waals surface area contributed by atoms with Crippen molar-refractivity contribution in [3.05, 3.63) is 64.7 Å². The predicted octanol–water partition coefficient (Wildman–Crippen LogP) is 7.72. The first-order valence-electron chi connectivity index (χ1n) is 12.9. The van der Waals surface area contributed by atoms with Crippen molar-refractivity contribution in [3.8, 4) is 11.8 Å². The smallest absolute Gasteiger partial charge is 0.157 e. The van der Waals surface area contributed by atoms with Gasteiger partial charge in [0.05, 0.1) is 10.6 Å². The molecule has 0 N–H and O–H groups in total. The van der Waals surface area contributed by atoms with E-state index >= 15 is 0 Å². The van der Waals surface area contributed by atoms with Gasteiger partial charge in [0, 0.05) is 6.54 Å². The SMILES string of the molecule is CC1CCN(C)C1.CCC1CCCCC1.Cc1ccc(C#N)c(Cl)c1.O=CCOc1ccccc1. The number of benzene rings is 2. The molecule has 2 aromatic carbocycles. The van der Waals surface area contributed by atoms with Crippen LogP contribution in [-0.2, 0) is 4.79 Å². The van der Waals surface area contributed by atoms with Gasteiger partial charge in [-0.15, -0.1) is 0 Å². The number of nitriles is 1. The molecule has 4 nitrogen and oxygen atoms in total. The summed E-state index contributed by atoms with van der Waals surface area (Å²) in [6.45, 7) is 9.30. The Labute approximate surface area is 218 Å². The average molecular weight is 499 g/mol. The van der Waals surface area contributed by atoms with E-state index in [2.05, 4.69) is 25.8 Å². The average Bonchev–Trinajstić information content (AvgIpc) is 3.27. The molecular formula is C30H43ClN2O2. The van der Waals surface area contributed by atoms with E-state index < -0.39 is 0 Å². The Morgan fingerprint density at radius 1 is 1.11 bits per heavy atom. The fourth-order valence-corrected chi connectivity index (χ4v) is 4.39. The van der Waals surface area contributed by atoms with Crippen LogP contribution in [0.4, 0.5) is 0 Å². The third-order valence-corrected chi connectivity index (χ3v) is 6.55. The minimum absolute atomic E-state index is 0.129. The summed E-state index contributed by atoms with van der Waals surface area (Å²) in [4.78, 5) is 12.2. The van der Waals surface area contributed by atoms with Crippen LogP contribution in [0.2, 0.25) is 5.02 Å². The zero-order valence-electron chi connectivity index (χ0n) is 22.0. The van der Waals surface area contributed by atoms with Gasteiger partial charge in [-0.1, -0.05) is 88.2 Å². The summed E-state index contributed by atoms with van der Waals surface area (Å²) in [5.41, 5.74) is 1.61. The summed E-state index contributed by atoms with van der Waals surface area (Å²) in [5.74, 6) is 2.77. The second-order valence-electron chi connectivity index (χ2n) is 9.45. The quantitative estimate of drug-likeness (QED) is 0.405. The number of ether oxygens (including phenoxy) is 1. The summed E-state index contributed by atoms with van der Waals surface area (Å²) in [7, 11) is 2.18. The highest BCUT2D eigenvalue weighted by Crippen LogP contribution is 2.25. The molecule has 5 heteroatoms. The molecule has 2 aliphatic rings. The standard InChI is InChI=1S/C8H6ClN.C8H8O2.C8H16.C6H13N/c1-6-2-3-7(5-10)8(9)4-6;9-6-7-10-8-4-2-1-3-5-8;1-2-8-6-4-3-5-7-8;1-6-3-4-7(2)5-6/h2-4H,1H3;1-6H,7H2;8H,2-7H2,1H3;6H,3-5H2,1-2H3. The van der Waals surface area contributed by atoms with Gasteiger partial charge in [0.25, 0.3) is 0 Å². The van der Waals surface area contributed by atoms with Gasteiger partial charge in [-0.2, -0.15) is 5.26 Å². The van der Waals surface area contributed by atoms with E-state index in [1.54, 1.807) is 12.1 Å². The second-order valence-corrected chi connectivity index (χ2v) is 9.86. The van der Waals surface area contributed by atoms with Crippen molar-refractivity contribution in [1.82, 2.24) is 4.90 Å². The number of carbonyl (C=O) groups is 1. The van der Waals surface area contributed by atoms with Crippen LogP contribution in [-0.4, -0.2) is 37.9 Å². The van der Waals surface area contributed by atoms with Crippen LogP contribution < -0.4 is 4.74 Å². The molecule has 192 valence electrons. The Hall–Kier alpha value is -2.35. The van der Waals surface area contributed by atoms with Crippen LogP contribution in [0.5, 0.6) is 5.75 Å². The van der Waals surface area contributed by atoms with E-state index in [-0.39, 0.29) is 6.61 Å². The van der Waals surface area contributed by atoms with E-state index in [1.165, 1.54) is 58.0 Å². The molecule has 2 fully saturated rings. The maximum Gasteiger partial charge on any atom is 0.157 e. The molecule has 0 spiro atoms. The summed E-state index contributed by atoms with van der Waals surface area (Å²) in [6, 6.07) is 16.6. The molecule has 0 bridgehead atoms. The number of carbonyl (C=O) groups excluding carboxylic acids is 1. The van der Waals surface area contributed by atoms with Crippen molar-refractivity contribution >= 4 is 17.9 Å². The Morgan fingerprint density at radius 2 is 1.80 bits per heavy atom. The van der Waals surface area contributed by atoms with Gasteiger partial charge in [0.15, 0.2) is 6.29 Å². The largest absolute Gasteiger partial charge is 0.486 e. The van der Waals surface area contributed by atoms with Crippen molar-refractivity contribution in [3.63, 3.8) is 0 Å². The molecule has 0 radical (unpaired) electrons. The fourth-order valence-electron chi connectivity index (χ4n) is 4.11. The Bertz CT molecular complexity index is 852. The van der Waals surface area contributed by atoms with E-state index in [0.717, 1.165) is 29.4 Å². The lowest BCUT2D eigenvalue weighted by molar-refractivity contribution is -0.109. The normalized spacial score (nSPS) is 17.3. The molecule has 1 atom stereocenters. The fraction of sp³-hybridized carbons (Fsp3) is 0.533. The first-order chi connectivity index (χ1) is 16.9. The number of rotatable bonds is 4. The third-order valence-electron chi connectivity index (χ3n) is 6.24. The van der Waals surface area contributed by atoms with Crippen molar-refractivity contribution in [1.29, 1.82) is 5.26 Å². The Balaban J connectivity index is 0.000000236. The van der Waals surface area contributed by atoms with Gasteiger partial charge < -0.3 is 9.64 Å². The lowest BCUT2D eigenvalue weighted by atomic mass is 9.88. The van der Waals surface area contributed by atoms with Crippen molar-refractivity contribution in [2.75, 3.05) is 26.7 Å². The molecule has 0 amide bonds. The number of aryl methyl sites for hydroxylation is 1. The van der Waals surface area contributed by atoms with Crippen LogP contribution in [0.25, 0.3) is 0 Å². The molecule has 1 aliphatic carbocycles. The minimum Gasteiger partial charge on any atom is -0.486 e. The van der Waals surface area contributed by atoms with Gasteiger partial charge >= 0.3 is 0 Å². The third kappa shape index (κ3) is 14.6. The lowest BCUT2D eigenvalue weighted by Crippen LogP contribution is -2.12. The summed E-state index contributed by atoms with van der Waals surface area (Å²) in [5, 5.41) is 9.00. The van der Waals surface area contributed by atoms with Gasteiger partial charge in [-0.25, -0.2) is 0 Å². The van der Waals surface area contributed by atoms with Gasteiger partial charge in [0.1, 0.15) is 18.4 Å². The van der Waals surface area contributed by atoms with E-state index in [1.807, 2.05) is 49.4 Å². The number of para-hydroxylation sites is 1. The highest BCUT2D eigenvalue weighted by molar-refractivity contribution is 6.31. The highest BCUT2D eigenvalue weighted by atomic mass is 35.5. The first-order valence-corrected chi connectivity index (χ1v) is 13.2. The van der Waals surface area contributed by atoms with Crippen molar-refractivity contribution in [2.24, 2.45) is 11.8 Å². The molecule has 0 aromatic heterocycles. The summed E-state index contributed by atoms with van der Waals surface area (Å²) in [6.07, 6.45) is 11.1. The zero-order valence-corrected chi connectivity index (χ0v) is 22.8. The molecule has 1 unspecified atom stereocenters. The summed E-state index contributed by atoms with van der Waals surface area (Å²) >= 11 is 5.71. The van der Waals surface area contributed by atoms with Crippen LogP contribution >= 0.6 is 11.6 Å².